The Hall–Kier alpha value is -1.64. The number of aryl methyl sites for hydroxylation is 3. The Bertz CT molecular complexity index is 466. The number of amides is 1. The fraction of sp³-hybridized carbons (Fsp3) is 0.385. The first-order valence-corrected chi connectivity index (χ1v) is 5.41. The third-order valence-corrected chi connectivity index (χ3v) is 2.92. The predicted molar refractivity (Wildman–Crippen MR) is 64.6 cm³/mol. The Kier molecular flexibility index (Phi) is 2.54. The number of hydrogen-bond acceptors (Lipinski definition) is 2. The van der Waals surface area contributed by atoms with Gasteiger partial charge in [0, 0.05) is 12.6 Å². The topological polar surface area (TPSA) is 32.7 Å². The van der Waals surface area contributed by atoms with Gasteiger partial charge < -0.3 is 0 Å². The van der Waals surface area contributed by atoms with E-state index in [-0.39, 0.29) is 5.91 Å². The summed E-state index contributed by atoms with van der Waals surface area (Å²) < 4.78 is 0. The molecule has 0 saturated carbocycles. The fourth-order valence-corrected chi connectivity index (χ4v) is 2.30. The van der Waals surface area contributed by atoms with Crippen molar-refractivity contribution in [3.8, 4) is 0 Å². The lowest BCUT2D eigenvalue weighted by Gasteiger charge is -2.09. The first kappa shape index (κ1) is 10.9. The Morgan fingerprint density at radius 1 is 1.19 bits per heavy atom. The number of carbonyl (C=O) groups is 1. The van der Waals surface area contributed by atoms with Crippen molar-refractivity contribution in [3.63, 3.8) is 0 Å². The normalized spacial score (nSPS) is 15.6. The SMILES string of the molecule is Cc1cc(C)c(C2=NN(C)C(=O)C2)c(C)c1. The summed E-state index contributed by atoms with van der Waals surface area (Å²) in [5, 5.41) is 5.72. The summed E-state index contributed by atoms with van der Waals surface area (Å²) in [6, 6.07) is 4.27. The number of hydrazone groups is 1. The third-order valence-electron chi connectivity index (χ3n) is 2.92. The van der Waals surface area contributed by atoms with E-state index in [2.05, 4.69) is 38.0 Å². The van der Waals surface area contributed by atoms with E-state index in [1.807, 2.05) is 0 Å². The van der Waals surface area contributed by atoms with Crippen molar-refractivity contribution >= 4 is 11.6 Å². The summed E-state index contributed by atoms with van der Waals surface area (Å²) >= 11 is 0. The van der Waals surface area contributed by atoms with Crippen LogP contribution in [0.2, 0.25) is 0 Å². The lowest BCUT2D eigenvalue weighted by atomic mass is 9.95. The quantitative estimate of drug-likeness (QED) is 0.708. The highest BCUT2D eigenvalue weighted by atomic mass is 16.2. The van der Waals surface area contributed by atoms with Crippen molar-refractivity contribution in [1.29, 1.82) is 0 Å². The molecule has 2 rings (SSSR count). The molecule has 0 aliphatic carbocycles. The zero-order chi connectivity index (χ0) is 11.9. The molecule has 1 aliphatic rings. The maximum Gasteiger partial charge on any atom is 0.248 e. The van der Waals surface area contributed by atoms with Gasteiger partial charge in [-0.15, -0.1) is 0 Å². The van der Waals surface area contributed by atoms with Crippen molar-refractivity contribution < 1.29 is 4.79 Å². The van der Waals surface area contributed by atoms with E-state index < -0.39 is 0 Å². The molecule has 16 heavy (non-hydrogen) atoms. The first-order chi connectivity index (χ1) is 7.49. The van der Waals surface area contributed by atoms with Crippen LogP contribution < -0.4 is 0 Å². The van der Waals surface area contributed by atoms with Gasteiger partial charge in [-0.1, -0.05) is 17.7 Å². The molecule has 0 fully saturated rings. The average Bonchev–Trinajstić information content (AvgIpc) is 2.44. The maximum absolute atomic E-state index is 11.5. The van der Waals surface area contributed by atoms with Crippen LogP contribution in [0, 0.1) is 20.8 Å². The molecule has 0 radical (unpaired) electrons. The van der Waals surface area contributed by atoms with Gasteiger partial charge >= 0.3 is 0 Å². The average molecular weight is 216 g/mol. The number of nitrogens with zero attached hydrogens (tertiary/aromatic N) is 2. The highest BCUT2D eigenvalue weighted by Gasteiger charge is 2.23. The summed E-state index contributed by atoms with van der Waals surface area (Å²) in [5.74, 6) is 0.0642. The van der Waals surface area contributed by atoms with Gasteiger partial charge in [-0.2, -0.15) is 5.10 Å². The molecule has 0 saturated heterocycles. The molecular weight excluding hydrogens is 200 g/mol. The lowest BCUT2D eigenvalue weighted by molar-refractivity contribution is -0.127. The van der Waals surface area contributed by atoms with Crippen molar-refractivity contribution in [1.82, 2.24) is 5.01 Å². The number of rotatable bonds is 1. The van der Waals surface area contributed by atoms with Crippen LogP contribution in [0.4, 0.5) is 0 Å². The second-order valence-corrected chi connectivity index (χ2v) is 4.41. The smallest absolute Gasteiger partial charge is 0.248 e. The van der Waals surface area contributed by atoms with Crippen LogP contribution in [0.1, 0.15) is 28.7 Å². The van der Waals surface area contributed by atoms with Crippen molar-refractivity contribution in [3.05, 3.63) is 34.4 Å². The lowest BCUT2D eigenvalue weighted by Crippen LogP contribution is -2.14. The molecule has 0 N–H and O–H groups in total. The van der Waals surface area contributed by atoms with Crippen molar-refractivity contribution in [2.24, 2.45) is 5.10 Å². The standard InChI is InChI=1S/C13H16N2O/c1-8-5-9(2)13(10(3)6-8)11-7-12(16)15(4)14-11/h5-6H,7H2,1-4H3. The minimum Gasteiger partial charge on any atom is -0.273 e. The van der Waals surface area contributed by atoms with Crippen LogP contribution >= 0.6 is 0 Å². The van der Waals surface area contributed by atoms with E-state index in [1.54, 1.807) is 7.05 Å². The summed E-state index contributed by atoms with van der Waals surface area (Å²) in [6.07, 6.45) is 0.418. The van der Waals surface area contributed by atoms with Gasteiger partial charge in [0.2, 0.25) is 5.91 Å². The molecule has 3 nitrogen and oxygen atoms in total. The largest absolute Gasteiger partial charge is 0.273 e. The van der Waals surface area contributed by atoms with E-state index in [9.17, 15) is 4.79 Å². The first-order valence-electron chi connectivity index (χ1n) is 5.41. The Balaban J connectivity index is 2.50. The van der Waals surface area contributed by atoms with Gasteiger partial charge in [0.05, 0.1) is 12.1 Å². The Morgan fingerprint density at radius 3 is 2.19 bits per heavy atom. The zero-order valence-electron chi connectivity index (χ0n) is 10.2. The monoisotopic (exact) mass is 216 g/mol. The summed E-state index contributed by atoms with van der Waals surface area (Å²) in [4.78, 5) is 11.5. The third kappa shape index (κ3) is 1.73. The maximum atomic E-state index is 11.5. The molecule has 0 unspecified atom stereocenters. The molecule has 0 atom stereocenters. The fourth-order valence-electron chi connectivity index (χ4n) is 2.30. The molecule has 1 aromatic rings. The molecule has 1 aromatic carbocycles. The molecule has 0 aromatic heterocycles. The molecule has 0 spiro atoms. The number of hydrogen-bond donors (Lipinski definition) is 0. The van der Waals surface area contributed by atoms with E-state index in [1.165, 1.54) is 21.7 Å². The van der Waals surface area contributed by atoms with Crippen LogP contribution in [0.3, 0.4) is 0 Å². The second-order valence-electron chi connectivity index (χ2n) is 4.41. The summed E-state index contributed by atoms with van der Waals surface area (Å²) in [6.45, 7) is 6.22. The van der Waals surface area contributed by atoms with Crippen LogP contribution in [0.25, 0.3) is 0 Å². The predicted octanol–water partition coefficient (Wildman–Crippen LogP) is 2.18. The minimum atomic E-state index is 0.0642. The van der Waals surface area contributed by atoms with Gasteiger partial charge in [0.15, 0.2) is 0 Å². The van der Waals surface area contributed by atoms with Crippen molar-refractivity contribution in [2.75, 3.05) is 7.05 Å². The molecule has 0 bridgehead atoms. The highest BCUT2D eigenvalue weighted by Crippen LogP contribution is 2.22. The molecule has 1 heterocycles. The van der Waals surface area contributed by atoms with Crippen LogP contribution in [-0.4, -0.2) is 23.7 Å². The summed E-state index contributed by atoms with van der Waals surface area (Å²) in [5.41, 5.74) is 5.65. The Labute approximate surface area is 95.8 Å². The second kappa shape index (κ2) is 3.74. The van der Waals surface area contributed by atoms with Gasteiger partial charge in [-0.25, -0.2) is 5.01 Å². The highest BCUT2D eigenvalue weighted by molar-refractivity contribution is 6.14. The molecular formula is C13H16N2O. The van der Waals surface area contributed by atoms with Gasteiger partial charge in [0.25, 0.3) is 0 Å². The summed E-state index contributed by atoms with van der Waals surface area (Å²) in [7, 11) is 1.70. The van der Waals surface area contributed by atoms with E-state index in [4.69, 9.17) is 0 Å². The van der Waals surface area contributed by atoms with Gasteiger partial charge in [-0.3, -0.25) is 4.79 Å². The van der Waals surface area contributed by atoms with Crippen LogP contribution in [0.5, 0.6) is 0 Å². The molecule has 3 heteroatoms. The minimum absolute atomic E-state index is 0.0642. The van der Waals surface area contributed by atoms with Crippen molar-refractivity contribution in [2.45, 2.75) is 27.2 Å². The zero-order valence-corrected chi connectivity index (χ0v) is 10.2. The van der Waals surface area contributed by atoms with Crippen LogP contribution in [0.15, 0.2) is 17.2 Å². The van der Waals surface area contributed by atoms with Crippen LogP contribution in [-0.2, 0) is 4.79 Å². The van der Waals surface area contributed by atoms with E-state index in [0.717, 1.165) is 11.3 Å². The van der Waals surface area contributed by atoms with E-state index in [0.29, 0.717) is 6.42 Å². The molecule has 84 valence electrons. The van der Waals surface area contributed by atoms with E-state index >= 15 is 0 Å². The van der Waals surface area contributed by atoms with Gasteiger partial charge in [0.1, 0.15) is 0 Å². The molecule has 1 amide bonds. The number of carbonyl (C=O) groups excluding carboxylic acids is 1. The van der Waals surface area contributed by atoms with Gasteiger partial charge in [-0.05, 0) is 31.9 Å². The number of benzene rings is 1. The molecule has 1 aliphatic heterocycles. The Morgan fingerprint density at radius 2 is 1.75 bits per heavy atom.